The zero-order valence-electron chi connectivity index (χ0n) is 6.88. The first-order valence-corrected chi connectivity index (χ1v) is 3.60. The summed E-state index contributed by atoms with van der Waals surface area (Å²) in [5.41, 5.74) is -0.530. The van der Waals surface area contributed by atoms with E-state index in [-0.39, 0.29) is 6.54 Å². The van der Waals surface area contributed by atoms with Crippen LogP contribution in [-0.2, 0) is 17.5 Å². The van der Waals surface area contributed by atoms with E-state index in [0.717, 1.165) is 12.3 Å². The molecular formula is C8H5F3N2O. The van der Waals surface area contributed by atoms with Crippen molar-refractivity contribution in [2.45, 2.75) is 12.7 Å². The van der Waals surface area contributed by atoms with Crippen LogP contribution in [0.2, 0.25) is 0 Å². The maximum Gasteiger partial charge on any atom is 0.433 e. The summed E-state index contributed by atoms with van der Waals surface area (Å²) in [6.45, 7) is -0.00532. The van der Waals surface area contributed by atoms with Crippen molar-refractivity contribution in [1.29, 1.82) is 0 Å². The smallest absolute Gasteiger partial charge is 0.251 e. The number of nitrogens with zero attached hydrogens (tertiary/aromatic N) is 2. The van der Waals surface area contributed by atoms with Crippen molar-refractivity contribution >= 4 is 6.08 Å². The highest BCUT2D eigenvalue weighted by molar-refractivity contribution is 5.33. The number of aliphatic imine (C=N–C) groups is 1. The second-order valence-electron chi connectivity index (χ2n) is 2.46. The molecule has 6 heteroatoms. The van der Waals surface area contributed by atoms with Gasteiger partial charge in [0.2, 0.25) is 6.08 Å². The van der Waals surface area contributed by atoms with E-state index in [4.69, 9.17) is 0 Å². The van der Waals surface area contributed by atoms with Crippen molar-refractivity contribution in [3.05, 3.63) is 29.6 Å². The Hall–Kier alpha value is -1.68. The van der Waals surface area contributed by atoms with Crippen LogP contribution in [0.1, 0.15) is 11.3 Å². The quantitative estimate of drug-likeness (QED) is 0.543. The van der Waals surface area contributed by atoms with Crippen LogP contribution in [0.25, 0.3) is 0 Å². The Kier molecular flexibility index (Phi) is 2.99. The molecule has 0 atom stereocenters. The first kappa shape index (κ1) is 10.4. The first-order chi connectivity index (χ1) is 6.54. The zero-order chi connectivity index (χ0) is 10.6. The average molecular weight is 202 g/mol. The van der Waals surface area contributed by atoms with Gasteiger partial charge in [-0.05, 0) is 11.6 Å². The molecule has 14 heavy (non-hydrogen) atoms. The maximum atomic E-state index is 12.0. The molecule has 0 radical (unpaired) electrons. The Morgan fingerprint density at radius 3 is 2.57 bits per heavy atom. The molecule has 0 saturated heterocycles. The van der Waals surface area contributed by atoms with Crippen LogP contribution in [0, 0.1) is 0 Å². The van der Waals surface area contributed by atoms with Gasteiger partial charge in [-0.3, -0.25) is 4.98 Å². The number of pyridine rings is 1. The highest BCUT2D eigenvalue weighted by atomic mass is 19.4. The summed E-state index contributed by atoms with van der Waals surface area (Å²) < 4.78 is 36.1. The Morgan fingerprint density at radius 1 is 1.43 bits per heavy atom. The number of hydrogen-bond acceptors (Lipinski definition) is 3. The van der Waals surface area contributed by atoms with E-state index in [1.807, 2.05) is 0 Å². The van der Waals surface area contributed by atoms with E-state index in [0.29, 0.717) is 5.56 Å². The molecule has 0 bridgehead atoms. The molecule has 1 rings (SSSR count). The van der Waals surface area contributed by atoms with Gasteiger partial charge in [0.25, 0.3) is 0 Å². The molecule has 0 fully saturated rings. The van der Waals surface area contributed by atoms with Gasteiger partial charge in [0.05, 0.1) is 6.54 Å². The van der Waals surface area contributed by atoms with Gasteiger partial charge in [0.1, 0.15) is 5.69 Å². The first-order valence-electron chi connectivity index (χ1n) is 3.60. The monoisotopic (exact) mass is 202 g/mol. The number of alkyl halides is 3. The number of halogens is 3. The van der Waals surface area contributed by atoms with Crippen molar-refractivity contribution in [3.8, 4) is 0 Å². The number of aromatic nitrogens is 1. The molecule has 0 aliphatic heterocycles. The van der Waals surface area contributed by atoms with Crippen molar-refractivity contribution in [2.24, 2.45) is 4.99 Å². The Bertz CT molecular complexity index is 352. The molecule has 0 aromatic carbocycles. The van der Waals surface area contributed by atoms with Gasteiger partial charge in [-0.2, -0.15) is 13.2 Å². The van der Waals surface area contributed by atoms with E-state index in [2.05, 4.69) is 9.98 Å². The Morgan fingerprint density at radius 2 is 2.14 bits per heavy atom. The fourth-order valence-corrected chi connectivity index (χ4v) is 0.809. The van der Waals surface area contributed by atoms with Crippen LogP contribution in [0.3, 0.4) is 0 Å². The summed E-state index contributed by atoms with van der Waals surface area (Å²) in [5, 5.41) is 0. The van der Waals surface area contributed by atoms with Gasteiger partial charge in [-0.15, -0.1) is 0 Å². The molecule has 0 aliphatic carbocycles. The van der Waals surface area contributed by atoms with Crippen LogP contribution >= 0.6 is 0 Å². The molecule has 0 aliphatic rings. The lowest BCUT2D eigenvalue weighted by atomic mass is 10.2. The number of isocyanates is 1. The maximum absolute atomic E-state index is 12.0. The SMILES string of the molecule is O=C=NCc1ccc(C(F)(F)F)nc1. The summed E-state index contributed by atoms with van der Waals surface area (Å²) in [6, 6.07) is 2.06. The van der Waals surface area contributed by atoms with E-state index < -0.39 is 11.9 Å². The predicted molar refractivity (Wildman–Crippen MR) is 41.1 cm³/mol. The normalized spacial score (nSPS) is 10.8. The van der Waals surface area contributed by atoms with Gasteiger partial charge in [-0.25, -0.2) is 9.79 Å². The highest BCUT2D eigenvalue weighted by Crippen LogP contribution is 2.27. The van der Waals surface area contributed by atoms with E-state index in [1.54, 1.807) is 0 Å². The fraction of sp³-hybridized carbons (Fsp3) is 0.250. The second kappa shape index (κ2) is 4.02. The molecule has 0 unspecified atom stereocenters. The van der Waals surface area contributed by atoms with Crippen LogP contribution in [0.15, 0.2) is 23.3 Å². The average Bonchev–Trinajstić information content (AvgIpc) is 2.14. The third kappa shape index (κ3) is 2.67. The van der Waals surface area contributed by atoms with Crippen LogP contribution in [0.5, 0.6) is 0 Å². The largest absolute Gasteiger partial charge is 0.433 e. The zero-order valence-corrected chi connectivity index (χ0v) is 6.88. The molecule has 1 heterocycles. The summed E-state index contributed by atoms with van der Waals surface area (Å²) in [4.78, 5) is 16.1. The number of carbonyl (C=O) groups excluding carboxylic acids is 1. The van der Waals surface area contributed by atoms with Gasteiger partial charge >= 0.3 is 6.18 Å². The van der Waals surface area contributed by atoms with Gasteiger partial charge in [-0.1, -0.05) is 6.07 Å². The summed E-state index contributed by atoms with van der Waals surface area (Å²) >= 11 is 0. The third-order valence-corrected chi connectivity index (χ3v) is 1.44. The summed E-state index contributed by atoms with van der Waals surface area (Å²) in [5.74, 6) is 0. The van der Waals surface area contributed by atoms with Crippen molar-refractivity contribution in [2.75, 3.05) is 0 Å². The molecule has 0 N–H and O–H groups in total. The minimum absolute atomic E-state index is 0.00532. The summed E-state index contributed by atoms with van der Waals surface area (Å²) in [7, 11) is 0. The number of hydrogen-bond donors (Lipinski definition) is 0. The summed E-state index contributed by atoms with van der Waals surface area (Å²) in [6.07, 6.45) is -2.12. The lowest BCUT2D eigenvalue weighted by molar-refractivity contribution is -0.141. The van der Waals surface area contributed by atoms with Gasteiger partial charge < -0.3 is 0 Å². The van der Waals surface area contributed by atoms with E-state index >= 15 is 0 Å². The molecular weight excluding hydrogens is 197 g/mol. The molecule has 3 nitrogen and oxygen atoms in total. The van der Waals surface area contributed by atoms with Crippen molar-refractivity contribution in [1.82, 2.24) is 4.98 Å². The standard InChI is InChI=1S/C8H5F3N2O/c9-8(10,11)7-2-1-6(4-13-7)3-12-5-14/h1-2,4H,3H2. The predicted octanol–water partition coefficient (Wildman–Crippen LogP) is 1.94. The molecule has 1 aromatic rings. The third-order valence-electron chi connectivity index (χ3n) is 1.44. The fourth-order valence-electron chi connectivity index (χ4n) is 0.809. The lowest BCUT2D eigenvalue weighted by Crippen LogP contribution is -2.07. The molecule has 1 aromatic heterocycles. The molecule has 0 spiro atoms. The molecule has 0 saturated carbocycles. The Labute approximate surface area is 77.3 Å². The lowest BCUT2D eigenvalue weighted by Gasteiger charge is -2.04. The van der Waals surface area contributed by atoms with Gasteiger partial charge in [0.15, 0.2) is 0 Å². The second-order valence-corrected chi connectivity index (χ2v) is 2.46. The van der Waals surface area contributed by atoms with Crippen LogP contribution < -0.4 is 0 Å². The minimum Gasteiger partial charge on any atom is -0.251 e. The molecule has 74 valence electrons. The van der Waals surface area contributed by atoms with Crippen molar-refractivity contribution < 1.29 is 18.0 Å². The topological polar surface area (TPSA) is 42.3 Å². The molecule has 0 amide bonds. The van der Waals surface area contributed by atoms with E-state index in [9.17, 15) is 18.0 Å². The highest BCUT2D eigenvalue weighted by Gasteiger charge is 2.31. The van der Waals surface area contributed by atoms with Crippen LogP contribution in [-0.4, -0.2) is 11.1 Å². The van der Waals surface area contributed by atoms with Crippen molar-refractivity contribution in [3.63, 3.8) is 0 Å². The van der Waals surface area contributed by atoms with Gasteiger partial charge in [0, 0.05) is 6.20 Å². The van der Waals surface area contributed by atoms with Crippen LogP contribution in [0.4, 0.5) is 13.2 Å². The number of rotatable bonds is 2. The van der Waals surface area contributed by atoms with E-state index in [1.165, 1.54) is 12.1 Å². The minimum atomic E-state index is -4.44. The Balaban J connectivity index is 2.83.